The number of amides is 1. The molecule has 1 N–H and O–H groups in total. The van der Waals surface area contributed by atoms with Crippen LogP contribution < -0.4 is 10.1 Å². The Hall–Kier alpha value is -2.54. The number of carbonyl (C=O) groups excluding carboxylic acids is 1. The lowest BCUT2D eigenvalue weighted by atomic mass is 9.72. The molecular formula is C26H30F3NO3. The van der Waals surface area contributed by atoms with Gasteiger partial charge in [0, 0.05) is 30.7 Å². The number of ether oxygens (including phenoxy) is 2. The van der Waals surface area contributed by atoms with Crippen molar-refractivity contribution < 1.29 is 27.4 Å². The molecule has 0 bridgehead atoms. The number of hydrogen-bond acceptors (Lipinski definition) is 3. The van der Waals surface area contributed by atoms with Crippen molar-refractivity contribution in [3.63, 3.8) is 0 Å². The SMILES string of the molecule is COc1ccccc1C1(CNC(=O)C2(c3cccc(C(F)(F)F)c3)CCOCC2)CCCC1. The van der Waals surface area contributed by atoms with Crippen molar-refractivity contribution in [1.82, 2.24) is 5.32 Å². The Balaban J connectivity index is 1.63. The van der Waals surface area contributed by atoms with Gasteiger partial charge in [0.15, 0.2) is 0 Å². The zero-order chi connectivity index (χ0) is 23.5. The number of hydrogen-bond donors (Lipinski definition) is 1. The van der Waals surface area contributed by atoms with Crippen molar-refractivity contribution in [2.45, 2.75) is 55.5 Å². The zero-order valence-electron chi connectivity index (χ0n) is 18.8. The monoisotopic (exact) mass is 461 g/mol. The van der Waals surface area contributed by atoms with Gasteiger partial charge in [-0.05, 0) is 43.4 Å². The van der Waals surface area contributed by atoms with Gasteiger partial charge in [-0.2, -0.15) is 13.2 Å². The third-order valence-corrected chi connectivity index (χ3v) is 7.35. The van der Waals surface area contributed by atoms with Crippen molar-refractivity contribution in [2.24, 2.45) is 0 Å². The lowest BCUT2D eigenvalue weighted by Crippen LogP contribution is -2.51. The Labute approximate surface area is 192 Å². The molecule has 7 heteroatoms. The van der Waals surface area contributed by atoms with Crippen LogP contribution in [0.4, 0.5) is 13.2 Å². The Kier molecular flexibility index (Phi) is 6.71. The number of alkyl halides is 3. The van der Waals surface area contributed by atoms with Crippen LogP contribution in [-0.2, 0) is 26.5 Å². The van der Waals surface area contributed by atoms with Gasteiger partial charge in [0.25, 0.3) is 0 Å². The number of benzene rings is 2. The molecule has 0 spiro atoms. The van der Waals surface area contributed by atoms with Crippen molar-refractivity contribution >= 4 is 5.91 Å². The Bertz CT molecular complexity index is 977. The molecule has 1 amide bonds. The van der Waals surface area contributed by atoms with Crippen LogP contribution in [0.25, 0.3) is 0 Å². The van der Waals surface area contributed by atoms with Gasteiger partial charge in [0.2, 0.25) is 5.91 Å². The van der Waals surface area contributed by atoms with E-state index in [0.717, 1.165) is 49.1 Å². The predicted octanol–water partition coefficient (Wildman–Crippen LogP) is 5.39. The maximum Gasteiger partial charge on any atom is 0.416 e. The molecule has 4 rings (SSSR count). The average molecular weight is 462 g/mol. The molecule has 1 aliphatic heterocycles. The summed E-state index contributed by atoms with van der Waals surface area (Å²) in [5, 5.41) is 3.15. The molecule has 1 saturated heterocycles. The highest BCUT2D eigenvalue weighted by Gasteiger charge is 2.45. The van der Waals surface area contributed by atoms with Gasteiger partial charge in [0.1, 0.15) is 5.75 Å². The normalized spacial score (nSPS) is 19.8. The van der Waals surface area contributed by atoms with Gasteiger partial charge < -0.3 is 14.8 Å². The van der Waals surface area contributed by atoms with Crippen LogP contribution in [0.5, 0.6) is 5.75 Å². The van der Waals surface area contributed by atoms with E-state index in [1.807, 2.05) is 24.3 Å². The molecule has 2 fully saturated rings. The van der Waals surface area contributed by atoms with E-state index in [9.17, 15) is 18.0 Å². The minimum absolute atomic E-state index is 0.230. The van der Waals surface area contributed by atoms with Crippen LogP contribution in [0.2, 0.25) is 0 Å². The van der Waals surface area contributed by atoms with Crippen LogP contribution >= 0.6 is 0 Å². The van der Waals surface area contributed by atoms with Crippen LogP contribution in [0.1, 0.15) is 55.2 Å². The highest BCUT2D eigenvalue weighted by molar-refractivity contribution is 5.88. The van der Waals surface area contributed by atoms with E-state index in [1.165, 1.54) is 6.07 Å². The molecule has 2 aromatic rings. The summed E-state index contributed by atoms with van der Waals surface area (Å²) in [5.74, 6) is 0.568. The van der Waals surface area contributed by atoms with E-state index in [0.29, 0.717) is 38.2 Å². The van der Waals surface area contributed by atoms with E-state index in [2.05, 4.69) is 5.32 Å². The maximum atomic E-state index is 13.7. The van der Waals surface area contributed by atoms with Crippen LogP contribution in [-0.4, -0.2) is 32.8 Å². The first-order valence-electron chi connectivity index (χ1n) is 11.5. The summed E-state index contributed by atoms with van der Waals surface area (Å²) in [4.78, 5) is 13.7. The summed E-state index contributed by atoms with van der Waals surface area (Å²) >= 11 is 0. The van der Waals surface area contributed by atoms with Gasteiger partial charge in [-0.1, -0.05) is 49.2 Å². The van der Waals surface area contributed by atoms with Crippen molar-refractivity contribution in [3.05, 3.63) is 65.2 Å². The highest BCUT2D eigenvalue weighted by Crippen LogP contribution is 2.45. The van der Waals surface area contributed by atoms with E-state index >= 15 is 0 Å². The molecule has 1 heterocycles. The topological polar surface area (TPSA) is 47.6 Å². The van der Waals surface area contributed by atoms with E-state index in [1.54, 1.807) is 13.2 Å². The predicted molar refractivity (Wildman–Crippen MR) is 119 cm³/mol. The maximum absolute atomic E-state index is 13.7. The second kappa shape index (κ2) is 9.37. The summed E-state index contributed by atoms with van der Waals surface area (Å²) in [7, 11) is 1.64. The summed E-state index contributed by atoms with van der Waals surface area (Å²) in [6.07, 6.45) is 0.196. The molecule has 0 unspecified atom stereocenters. The number of halogens is 3. The van der Waals surface area contributed by atoms with Crippen molar-refractivity contribution in [3.8, 4) is 5.75 Å². The summed E-state index contributed by atoms with van der Waals surface area (Å²) < 4.78 is 51.2. The lowest BCUT2D eigenvalue weighted by molar-refractivity contribution is -0.138. The quantitative estimate of drug-likeness (QED) is 0.628. The lowest BCUT2D eigenvalue weighted by Gasteiger charge is -2.38. The van der Waals surface area contributed by atoms with Crippen molar-refractivity contribution in [1.29, 1.82) is 0 Å². The molecule has 2 aromatic carbocycles. The highest BCUT2D eigenvalue weighted by atomic mass is 19.4. The fraction of sp³-hybridized carbons (Fsp3) is 0.500. The first kappa shape index (κ1) is 23.6. The number of para-hydroxylation sites is 1. The molecule has 2 aliphatic rings. The van der Waals surface area contributed by atoms with E-state index in [4.69, 9.17) is 9.47 Å². The number of rotatable bonds is 6. The first-order chi connectivity index (χ1) is 15.8. The first-order valence-corrected chi connectivity index (χ1v) is 11.5. The third kappa shape index (κ3) is 4.60. The largest absolute Gasteiger partial charge is 0.496 e. The van der Waals surface area contributed by atoms with Crippen LogP contribution in [0.15, 0.2) is 48.5 Å². The minimum atomic E-state index is -4.46. The van der Waals surface area contributed by atoms with Crippen LogP contribution in [0.3, 0.4) is 0 Å². The molecule has 0 radical (unpaired) electrons. The summed E-state index contributed by atoms with van der Waals surface area (Å²) in [6.45, 7) is 1.09. The molecule has 4 nitrogen and oxygen atoms in total. The molecule has 1 aliphatic carbocycles. The molecule has 1 saturated carbocycles. The van der Waals surface area contributed by atoms with Gasteiger partial charge in [-0.3, -0.25) is 4.79 Å². The number of methoxy groups -OCH3 is 1. The fourth-order valence-corrected chi connectivity index (χ4v) is 5.45. The summed E-state index contributed by atoms with van der Waals surface area (Å²) in [5.41, 5.74) is -0.552. The third-order valence-electron chi connectivity index (χ3n) is 7.35. The Morgan fingerprint density at radius 3 is 2.39 bits per heavy atom. The molecular weight excluding hydrogens is 431 g/mol. The van der Waals surface area contributed by atoms with E-state index < -0.39 is 17.2 Å². The molecule has 0 aromatic heterocycles. The van der Waals surface area contributed by atoms with Gasteiger partial charge in [-0.25, -0.2) is 0 Å². The van der Waals surface area contributed by atoms with Gasteiger partial charge >= 0.3 is 6.18 Å². The molecule has 33 heavy (non-hydrogen) atoms. The smallest absolute Gasteiger partial charge is 0.416 e. The van der Waals surface area contributed by atoms with Gasteiger partial charge in [0.05, 0.1) is 18.1 Å². The average Bonchev–Trinajstić information content (AvgIpc) is 3.32. The zero-order valence-corrected chi connectivity index (χ0v) is 18.8. The fourth-order valence-electron chi connectivity index (χ4n) is 5.45. The Morgan fingerprint density at radius 2 is 1.73 bits per heavy atom. The molecule has 178 valence electrons. The van der Waals surface area contributed by atoms with Crippen LogP contribution in [0, 0.1) is 0 Å². The second-order valence-electron chi connectivity index (χ2n) is 9.14. The summed E-state index contributed by atoms with van der Waals surface area (Å²) in [6, 6.07) is 13.1. The van der Waals surface area contributed by atoms with Crippen molar-refractivity contribution in [2.75, 3.05) is 26.9 Å². The molecule has 0 atom stereocenters. The van der Waals surface area contributed by atoms with Gasteiger partial charge in [-0.15, -0.1) is 0 Å². The number of nitrogens with one attached hydrogen (secondary N) is 1. The standard InChI is InChI=1S/C26H30F3NO3/c1-32-22-10-3-2-9-21(22)24(11-4-5-12-24)18-30-23(31)25(13-15-33-16-14-25)19-7-6-8-20(17-19)26(27,28)29/h2-3,6-10,17H,4-5,11-16,18H2,1H3,(H,30,31). The number of carbonyl (C=O) groups is 1. The Morgan fingerprint density at radius 1 is 1.03 bits per heavy atom. The van der Waals surface area contributed by atoms with E-state index in [-0.39, 0.29) is 11.3 Å². The minimum Gasteiger partial charge on any atom is -0.496 e. The second-order valence-corrected chi connectivity index (χ2v) is 9.14.